The van der Waals surface area contributed by atoms with Crippen LogP contribution in [0.25, 0.3) is 11.0 Å². The third kappa shape index (κ3) is 9.40. The Balaban J connectivity index is 1.25. The second kappa shape index (κ2) is 16.8. The van der Waals surface area contributed by atoms with Crippen LogP contribution in [0.3, 0.4) is 0 Å². The van der Waals surface area contributed by atoms with Gasteiger partial charge >= 0.3 is 7.60 Å². The lowest BCUT2D eigenvalue weighted by Crippen LogP contribution is -2.35. The van der Waals surface area contributed by atoms with Crippen LogP contribution in [0.1, 0.15) is 29.6 Å². The molecule has 1 saturated carbocycles. The van der Waals surface area contributed by atoms with Crippen LogP contribution in [0.15, 0.2) is 30.5 Å². The molecule has 2 aromatic heterocycles. The highest BCUT2D eigenvalue weighted by Gasteiger charge is 2.70. The molecule has 3 aromatic rings. The van der Waals surface area contributed by atoms with Gasteiger partial charge < -0.3 is 53.3 Å². The van der Waals surface area contributed by atoms with Gasteiger partial charge in [0.25, 0.3) is 0 Å². The number of nitrogens with zero attached hydrogens (tertiary/aromatic N) is 5. The van der Waals surface area contributed by atoms with Crippen molar-refractivity contribution in [2.75, 3.05) is 70.6 Å². The van der Waals surface area contributed by atoms with Crippen molar-refractivity contribution in [2.24, 2.45) is 0 Å². The highest BCUT2D eigenvalue weighted by atomic mass is 31.2. The average Bonchev–Trinajstić information content (AvgIpc) is 3.53. The van der Waals surface area contributed by atoms with E-state index in [1.807, 2.05) is 25.1 Å². The molecule has 0 radical (unpaired) electrons. The van der Waals surface area contributed by atoms with E-state index in [4.69, 9.17) is 39.8 Å². The maximum absolute atomic E-state index is 11.3. The van der Waals surface area contributed by atoms with E-state index in [1.165, 1.54) is 4.68 Å². The van der Waals surface area contributed by atoms with Gasteiger partial charge in [-0.15, -0.1) is 6.42 Å². The Kier molecular flexibility index (Phi) is 12.7. The van der Waals surface area contributed by atoms with Crippen LogP contribution < -0.4 is 4.90 Å². The van der Waals surface area contributed by atoms with Gasteiger partial charge in [0.1, 0.15) is 42.4 Å². The summed E-state index contributed by atoms with van der Waals surface area (Å²) in [6.07, 6.45) is 1.38. The van der Waals surface area contributed by atoms with E-state index in [2.05, 4.69) is 27.0 Å². The molecule has 5 rings (SSSR count). The Hall–Kier alpha value is -3.04. The normalized spacial score (nSPS) is 23.4. The summed E-state index contributed by atoms with van der Waals surface area (Å²) >= 11 is 0. The third-order valence-electron chi connectivity index (χ3n) is 8.31. The summed E-state index contributed by atoms with van der Waals surface area (Å²) < 4.78 is 46.2. The van der Waals surface area contributed by atoms with E-state index in [0.29, 0.717) is 82.0 Å². The van der Waals surface area contributed by atoms with Crippen molar-refractivity contribution in [1.82, 2.24) is 19.7 Å². The molecule has 17 heteroatoms. The fourth-order valence-corrected chi connectivity index (χ4v) is 6.09. The molecule has 1 unspecified atom stereocenters. The second-order valence-corrected chi connectivity index (χ2v) is 13.5. The number of fused-ring (bicyclic) bond motifs is 1. The molecule has 1 saturated heterocycles. The molecular formula is C32H44N5O11P. The maximum Gasteiger partial charge on any atom is 0.350 e. The van der Waals surface area contributed by atoms with Gasteiger partial charge in [0.05, 0.1) is 63.9 Å². The zero-order valence-corrected chi connectivity index (χ0v) is 28.5. The second-order valence-electron chi connectivity index (χ2n) is 11.9. The molecule has 1 aliphatic heterocycles. The molecule has 2 aliphatic rings. The summed E-state index contributed by atoms with van der Waals surface area (Å²) in [6.45, 7) is 7.99. The quantitative estimate of drug-likeness (QED) is 0.0739. The van der Waals surface area contributed by atoms with Crippen molar-refractivity contribution in [3.8, 4) is 12.3 Å². The van der Waals surface area contributed by atoms with Gasteiger partial charge in [-0.25, -0.2) is 14.6 Å². The Morgan fingerprint density at radius 3 is 2.39 bits per heavy atom. The first-order valence-corrected chi connectivity index (χ1v) is 17.8. The smallest absolute Gasteiger partial charge is 0.350 e. The fraction of sp³-hybridized carbons (Fsp3) is 0.594. The molecule has 0 bridgehead atoms. The highest BCUT2D eigenvalue weighted by molar-refractivity contribution is 7.51. The highest BCUT2D eigenvalue weighted by Crippen LogP contribution is 2.55. The number of benzene rings is 1. The minimum Gasteiger partial charge on any atom is -0.387 e. The van der Waals surface area contributed by atoms with Crippen molar-refractivity contribution < 1.29 is 53.0 Å². The summed E-state index contributed by atoms with van der Waals surface area (Å²) in [7, 11) is -4.43. The van der Waals surface area contributed by atoms with Crippen LogP contribution in [0.5, 0.6) is 0 Å². The van der Waals surface area contributed by atoms with Crippen molar-refractivity contribution in [2.45, 2.75) is 57.0 Å². The Morgan fingerprint density at radius 2 is 1.71 bits per heavy atom. The van der Waals surface area contributed by atoms with Crippen LogP contribution in [0.4, 0.5) is 5.82 Å². The minimum atomic E-state index is -4.43. The first-order valence-electron chi connectivity index (χ1n) is 16.0. The van der Waals surface area contributed by atoms with Crippen LogP contribution in [-0.2, 0) is 39.5 Å². The minimum absolute atomic E-state index is 0.159. The predicted molar refractivity (Wildman–Crippen MR) is 176 cm³/mol. The van der Waals surface area contributed by atoms with Crippen LogP contribution in [0.2, 0.25) is 0 Å². The lowest BCUT2D eigenvalue weighted by molar-refractivity contribution is -0.0752. The fourth-order valence-electron chi connectivity index (χ4n) is 5.72. The molecule has 268 valence electrons. The summed E-state index contributed by atoms with van der Waals surface area (Å²) in [5.74, 6) is 3.46. The number of hydrogen-bond donors (Lipinski definition) is 4. The summed E-state index contributed by atoms with van der Waals surface area (Å²) in [5.41, 5.74) is 1.29. The molecule has 0 amide bonds. The topological polar surface area (TPSA) is 200 Å². The van der Waals surface area contributed by atoms with Gasteiger partial charge in [0.2, 0.25) is 0 Å². The predicted octanol–water partition coefficient (Wildman–Crippen LogP) is 1.06. The molecule has 16 nitrogen and oxygen atoms in total. The number of terminal acetylenes is 1. The van der Waals surface area contributed by atoms with Gasteiger partial charge in [-0.2, -0.15) is 5.10 Å². The Morgan fingerprint density at radius 1 is 1.04 bits per heavy atom. The van der Waals surface area contributed by atoms with Crippen molar-refractivity contribution >= 4 is 24.4 Å². The standard InChI is InChI=1S/C32H44N5O11P/c1-4-10-43-12-14-45-16-17-46-15-13-44-11-9-36(20-24-8-6-5-7-22(24)2)29-25-19-33-37(30(25)35-23(3)34-29)31-27(38)28(39)32(48-31)18-26(32)47-21-49(40,41)42/h1,5-8,19,26-28,31,38-39H,9-18,20-21H2,2-3H3,(H2,40,41,42)/t26-,27+,28-,31+,32?/m0/s1. The van der Waals surface area contributed by atoms with Gasteiger partial charge in [-0.1, -0.05) is 30.2 Å². The number of ether oxygens (including phenoxy) is 6. The number of aliphatic hydroxyl groups excluding tert-OH is 2. The van der Waals surface area contributed by atoms with Crippen LogP contribution >= 0.6 is 7.60 Å². The lowest BCUT2D eigenvalue weighted by atomic mass is 10.1. The number of aliphatic hydroxyl groups is 2. The summed E-state index contributed by atoms with van der Waals surface area (Å²) in [6, 6.07) is 8.07. The molecule has 3 heterocycles. The van der Waals surface area contributed by atoms with Crippen molar-refractivity contribution in [1.29, 1.82) is 0 Å². The molecule has 5 atom stereocenters. The zero-order valence-electron chi connectivity index (χ0n) is 27.6. The largest absolute Gasteiger partial charge is 0.387 e. The number of rotatable bonds is 20. The first kappa shape index (κ1) is 37.2. The van der Waals surface area contributed by atoms with Gasteiger partial charge in [-0.05, 0) is 25.0 Å². The van der Waals surface area contributed by atoms with Gasteiger partial charge in [0, 0.05) is 19.5 Å². The number of aryl methyl sites for hydroxylation is 2. The lowest BCUT2D eigenvalue weighted by Gasteiger charge is -2.25. The van der Waals surface area contributed by atoms with E-state index in [-0.39, 0.29) is 13.0 Å². The molecule has 1 spiro atoms. The van der Waals surface area contributed by atoms with E-state index in [0.717, 1.165) is 11.1 Å². The molecule has 4 N–H and O–H groups in total. The molecule has 1 aliphatic carbocycles. The van der Waals surface area contributed by atoms with E-state index < -0.39 is 44.1 Å². The first-order chi connectivity index (χ1) is 23.5. The SMILES string of the molecule is C#CCOCCOCCOCCOCCN(Cc1ccccc1C)c1nc(C)nc2c1cnn2[C@@H]1OC2(C[C@@H]2OCP(=O)(O)O)[C@@H](O)[C@H]1O. The third-order valence-corrected chi connectivity index (χ3v) is 8.79. The van der Waals surface area contributed by atoms with E-state index >= 15 is 0 Å². The monoisotopic (exact) mass is 705 g/mol. The van der Waals surface area contributed by atoms with Crippen LogP contribution in [-0.4, -0.2) is 129 Å². The number of anilines is 1. The van der Waals surface area contributed by atoms with Crippen molar-refractivity contribution in [3.63, 3.8) is 0 Å². The van der Waals surface area contributed by atoms with Gasteiger partial charge in [-0.3, -0.25) is 4.57 Å². The Bertz CT molecular complexity index is 1630. The molecule has 49 heavy (non-hydrogen) atoms. The molecular weight excluding hydrogens is 661 g/mol. The number of hydrogen-bond acceptors (Lipinski definition) is 13. The summed E-state index contributed by atoms with van der Waals surface area (Å²) in [5, 5.41) is 27.0. The van der Waals surface area contributed by atoms with Crippen LogP contribution in [0, 0.1) is 26.2 Å². The molecule has 1 aromatic carbocycles. The summed E-state index contributed by atoms with van der Waals surface area (Å²) in [4.78, 5) is 29.9. The van der Waals surface area contributed by atoms with E-state index in [9.17, 15) is 24.6 Å². The van der Waals surface area contributed by atoms with E-state index in [1.54, 1.807) is 13.1 Å². The Labute approximate surface area is 284 Å². The molecule has 2 fully saturated rings. The average molecular weight is 706 g/mol. The van der Waals surface area contributed by atoms with Crippen molar-refractivity contribution in [3.05, 3.63) is 47.4 Å². The van der Waals surface area contributed by atoms with Gasteiger partial charge in [0.15, 0.2) is 11.9 Å². The zero-order chi connectivity index (χ0) is 35.0. The number of aromatic nitrogens is 4. The maximum atomic E-state index is 11.3.